The van der Waals surface area contributed by atoms with Crippen LogP contribution in [0.15, 0.2) is 125 Å². The lowest BCUT2D eigenvalue weighted by molar-refractivity contribution is 0.398. The molecule has 3 aromatic rings. The quantitative estimate of drug-likeness (QED) is 0.228. The second kappa shape index (κ2) is 11.9. The fraction of sp³-hybridized carbons (Fsp3) is 0.235. The summed E-state index contributed by atoms with van der Waals surface area (Å²) in [5.41, 5.74) is 8.69. The molecule has 3 heteroatoms. The van der Waals surface area contributed by atoms with E-state index < -0.39 is 9.39 Å². The van der Waals surface area contributed by atoms with Gasteiger partial charge in [0.1, 0.15) is 0 Å². The molecule has 1 atom stereocenters. The lowest BCUT2D eigenvalue weighted by Gasteiger charge is -2.44. The first-order valence-corrected chi connectivity index (χ1v) is 14.9. The van der Waals surface area contributed by atoms with Gasteiger partial charge in [-0.1, -0.05) is 103 Å². The normalized spacial score (nSPS) is 16.4. The van der Waals surface area contributed by atoms with Gasteiger partial charge < -0.3 is 5.32 Å². The molecule has 3 aromatic carbocycles. The number of benzene rings is 3. The Hall–Kier alpha value is -3.27. The van der Waals surface area contributed by atoms with Gasteiger partial charge in [0.25, 0.3) is 0 Å². The third-order valence-electron chi connectivity index (χ3n) is 7.23. The lowest BCUT2D eigenvalue weighted by Crippen LogP contribution is -2.42. The maximum absolute atomic E-state index is 4.73. The summed E-state index contributed by atoms with van der Waals surface area (Å²) in [4.78, 5) is 1.20. The van der Waals surface area contributed by atoms with Crippen LogP contribution in [0.2, 0.25) is 0 Å². The lowest BCUT2D eigenvalue weighted by atomic mass is 9.86. The van der Waals surface area contributed by atoms with Gasteiger partial charge in [-0.05, 0) is 66.2 Å². The van der Waals surface area contributed by atoms with E-state index in [-0.39, 0.29) is 6.04 Å². The van der Waals surface area contributed by atoms with Crippen molar-refractivity contribution in [3.63, 3.8) is 0 Å². The molecule has 0 fully saturated rings. The molecule has 37 heavy (non-hydrogen) atoms. The van der Waals surface area contributed by atoms with Crippen LogP contribution in [0.1, 0.15) is 30.0 Å². The topological polar surface area (TPSA) is 15.3 Å². The SMILES string of the molecule is C=C(Cc1ccccc1)C1=C(NC)CCN(S(=C)(=C)c2ccc(CCc3ccccc3)cc2)C1C(=C)C. The molecule has 1 aliphatic rings. The van der Waals surface area contributed by atoms with Gasteiger partial charge in [-0.2, -0.15) is 0 Å². The largest absolute Gasteiger partial charge is 0.391 e. The summed E-state index contributed by atoms with van der Waals surface area (Å²) in [5.74, 6) is 9.47. The van der Waals surface area contributed by atoms with E-state index in [1.807, 2.05) is 7.05 Å². The number of nitrogens with one attached hydrogen (secondary N) is 1. The average Bonchev–Trinajstić information content (AvgIpc) is 2.92. The molecular formula is C34H40N2S. The summed E-state index contributed by atoms with van der Waals surface area (Å²) >= 11 is 0. The number of aryl methyl sites for hydroxylation is 2. The van der Waals surface area contributed by atoms with Gasteiger partial charge in [0.05, 0.1) is 6.04 Å². The summed E-state index contributed by atoms with van der Waals surface area (Å²) in [7, 11) is 0.271. The standard InChI is InChI=1S/C34H40N2S/c1-26(2)34-33(27(3)25-30-15-11-8-12-16-30)32(35-4)23-24-36(34)37(5,6)31-21-19-29(20-22-31)18-17-28-13-9-7-10-14-28/h7-16,19-22,34-35H,1,3,5-6,17-18,23-25H2,2,4H3. The Bertz CT molecular complexity index is 1360. The molecule has 0 saturated heterocycles. The second-order valence-electron chi connectivity index (χ2n) is 10.0. The first kappa shape index (κ1) is 26.8. The van der Waals surface area contributed by atoms with Crippen LogP contribution in [-0.2, 0) is 19.3 Å². The van der Waals surface area contributed by atoms with Gasteiger partial charge in [0.15, 0.2) is 0 Å². The molecule has 1 heterocycles. The van der Waals surface area contributed by atoms with Crippen molar-refractivity contribution in [2.75, 3.05) is 13.6 Å². The Kier molecular flexibility index (Phi) is 8.58. The number of rotatable bonds is 10. The molecule has 2 nitrogen and oxygen atoms in total. The third-order valence-corrected chi connectivity index (χ3v) is 9.68. The van der Waals surface area contributed by atoms with Crippen LogP contribution in [0.4, 0.5) is 0 Å². The number of hydrogen-bond acceptors (Lipinski definition) is 2. The van der Waals surface area contributed by atoms with Crippen molar-refractivity contribution in [2.24, 2.45) is 0 Å². The van der Waals surface area contributed by atoms with E-state index in [1.54, 1.807) is 0 Å². The van der Waals surface area contributed by atoms with Crippen LogP contribution in [0.25, 0.3) is 0 Å². The second-order valence-corrected chi connectivity index (χ2v) is 12.6. The molecule has 0 aromatic heterocycles. The Morgan fingerprint density at radius 3 is 1.92 bits per heavy atom. The molecule has 0 amide bonds. The van der Waals surface area contributed by atoms with Gasteiger partial charge in [0, 0.05) is 30.6 Å². The average molecular weight is 509 g/mol. The smallest absolute Gasteiger partial charge is 0.0670 e. The molecular weight excluding hydrogens is 468 g/mol. The Labute approximate surface area is 224 Å². The van der Waals surface area contributed by atoms with Crippen LogP contribution >= 0.6 is 9.39 Å². The molecule has 1 N–H and O–H groups in total. The minimum Gasteiger partial charge on any atom is -0.391 e. The summed E-state index contributed by atoms with van der Waals surface area (Å²) in [6, 6.07) is 30.2. The van der Waals surface area contributed by atoms with Crippen LogP contribution in [0, 0.1) is 0 Å². The number of nitrogens with zero attached hydrogens (tertiary/aromatic N) is 1. The first-order valence-electron chi connectivity index (χ1n) is 13.0. The van der Waals surface area contributed by atoms with E-state index in [0.29, 0.717) is 0 Å². The van der Waals surface area contributed by atoms with E-state index in [0.717, 1.165) is 43.4 Å². The Morgan fingerprint density at radius 2 is 1.38 bits per heavy atom. The van der Waals surface area contributed by atoms with Crippen LogP contribution in [0.3, 0.4) is 0 Å². The monoisotopic (exact) mass is 508 g/mol. The zero-order valence-corrected chi connectivity index (χ0v) is 23.2. The van der Waals surface area contributed by atoms with Gasteiger partial charge in [-0.15, -0.1) is 9.39 Å². The molecule has 192 valence electrons. The van der Waals surface area contributed by atoms with Crippen molar-refractivity contribution in [1.82, 2.24) is 9.62 Å². The van der Waals surface area contributed by atoms with Crippen molar-refractivity contribution in [1.29, 1.82) is 0 Å². The molecule has 4 rings (SSSR count). The molecule has 0 aliphatic carbocycles. The minimum absolute atomic E-state index is 0.0233. The highest BCUT2D eigenvalue weighted by Crippen LogP contribution is 2.45. The third kappa shape index (κ3) is 6.18. The minimum atomic E-state index is -1.74. The summed E-state index contributed by atoms with van der Waals surface area (Å²) < 4.78 is 2.49. The highest BCUT2D eigenvalue weighted by atomic mass is 32.2. The molecule has 1 unspecified atom stereocenters. The summed E-state index contributed by atoms with van der Waals surface area (Å²) in [5, 5.41) is 3.47. The maximum atomic E-state index is 4.73. The molecule has 0 spiro atoms. The predicted octanol–water partition coefficient (Wildman–Crippen LogP) is 7.34. The van der Waals surface area contributed by atoms with E-state index in [2.05, 4.69) is 115 Å². The fourth-order valence-corrected chi connectivity index (χ4v) is 7.29. The predicted molar refractivity (Wildman–Crippen MR) is 166 cm³/mol. The summed E-state index contributed by atoms with van der Waals surface area (Å²) in [6.45, 7) is 12.0. The van der Waals surface area contributed by atoms with E-state index in [4.69, 9.17) is 11.7 Å². The molecule has 0 radical (unpaired) electrons. The zero-order valence-electron chi connectivity index (χ0n) is 22.4. The van der Waals surface area contributed by atoms with Crippen LogP contribution < -0.4 is 5.32 Å². The van der Waals surface area contributed by atoms with Gasteiger partial charge in [-0.25, -0.2) is 4.31 Å². The van der Waals surface area contributed by atoms with Crippen molar-refractivity contribution >= 4 is 21.1 Å². The van der Waals surface area contributed by atoms with E-state index >= 15 is 0 Å². The fourth-order valence-electron chi connectivity index (χ4n) is 5.25. The first-order chi connectivity index (χ1) is 17.8. The van der Waals surface area contributed by atoms with E-state index in [9.17, 15) is 0 Å². The van der Waals surface area contributed by atoms with Gasteiger partial charge >= 0.3 is 0 Å². The number of hydrogen-bond donors (Lipinski definition) is 1. The van der Waals surface area contributed by atoms with Gasteiger partial charge in [-0.3, -0.25) is 0 Å². The van der Waals surface area contributed by atoms with Crippen LogP contribution in [0.5, 0.6) is 0 Å². The van der Waals surface area contributed by atoms with Gasteiger partial charge in [0.2, 0.25) is 0 Å². The molecule has 0 bridgehead atoms. The Balaban J connectivity index is 1.59. The van der Waals surface area contributed by atoms with E-state index in [1.165, 1.54) is 32.9 Å². The molecule has 0 saturated carbocycles. The zero-order chi connectivity index (χ0) is 26.4. The highest BCUT2D eigenvalue weighted by molar-refractivity contribution is 8.25. The Morgan fingerprint density at radius 1 is 0.838 bits per heavy atom. The molecule has 1 aliphatic heterocycles. The van der Waals surface area contributed by atoms with Crippen molar-refractivity contribution in [3.05, 3.63) is 137 Å². The highest BCUT2D eigenvalue weighted by Gasteiger charge is 2.34. The van der Waals surface area contributed by atoms with Crippen molar-refractivity contribution in [3.8, 4) is 0 Å². The van der Waals surface area contributed by atoms with Crippen molar-refractivity contribution in [2.45, 2.75) is 43.5 Å². The summed E-state index contributed by atoms with van der Waals surface area (Å²) in [6.07, 6.45) is 3.79. The maximum Gasteiger partial charge on any atom is 0.0670 e. The van der Waals surface area contributed by atoms with Crippen LogP contribution in [-0.4, -0.2) is 35.7 Å². The van der Waals surface area contributed by atoms with Crippen molar-refractivity contribution < 1.29 is 0 Å².